The molecule has 0 radical (unpaired) electrons. The summed E-state index contributed by atoms with van der Waals surface area (Å²) >= 11 is 0. The van der Waals surface area contributed by atoms with Gasteiger partial charge < -0.3 is 10.2 Å². The van der Waals surface area contributed by atoms with Crippen molar-refractivity contribution in [2.45, 2.75) is 46.5 Å². The quantitative estimate of drug-likeness (QED) is 0.748. The molecule has 0 unspecified atom stereocenters. The number of nitrogens with one attached hydrogen (secondary N) is 1. The van der Waals surface area contributed by atoms with E-state index in [4.69, 9.17) is 0 Å². The third-order valence-electron chi connectivity index (χ3n) is 3.50. The molecule has 0 atom stereocenters. The fourth-order valence-corrected chi connectivity index (χ4v) is 2.04. The minimum absolute atomic E-state index is 0.131. The number of carbonyl (C=O) groups excluding carboxylic acids is 1. The van der Waals surface area contributed by atoms with Crippen LogP contribution in [0.1, 0.15) is 56.9 Å². The van der Waals surface area contributed by atoms with Crippen LogP contribution in [0.2, 0.25) is 0 Å². The predicted molar refractivity (Wildman–Crippen MR) is 86.5 cm³/mol. The van der Waals surface area contributed by atoms with Crippen molar-refractivity contribution in [3.63, 3.8) is 0 Å². The molecule has 0 aliphatic heterocycles. The van der Waals surface area contributed by atoms with Crippen molar-refractivity contribution in [3.05, 3.63) is 17.8 Å². The summed E-state index contributed by atoms with van der Waals surface area (Å²) in [4.78, 5) is 13.2. The van der Waals surface area contributed by atoms with Crippen LogP contribution in [0.15, 0.2) is 12.1 Å². The highest BCUT2D eigenvalue weighted by atomic mass is 16.2. The van der Waals surface area contributed by atoms with Gasteiger partial charge in [0.05, 0.1) is 0 Å². The van der Waals surface area contributed by atoms with Crippen LogP contribution in [0.4, 0.5) is 5.82 Å². The average molecular weight is 292 g/mol. The van der Waals surface area contributed by atoms with Crippen LogP contribution < -0.4 is 5.32 Å². The summed E-state index contributed by atoms with van der Waals surface area (Å²) in [6.45, 7) is 7.59. The maximum absolute atomic E-state index is 11.7. The summed E-state index contributed by atoms with van der Waals surface area (Å²) in [7, 11) is 3.41. The molecule has 0 aliphatic rings. The fraction of sp³-hybridized carbons (Fsp3) is 0.688. The molecule has 0 saturated carbocycles. The van der Waals surface area contributed by atoms with Gasteiger partial charge in [0.1, 0.15) is 5.82 Å². The van der Waals surface area contributed by atoms with Crippen molar-refractivity contribution in [1.82, 2.24) is 15.1 Å². The molecular formula is C16H28N4O. The lowest BCUT2D eigenvalue weighted by Gasteiger charge is -2.25. The van der Waals surface area contributed by atoms with Gasteiger partial charge in [-0.3, -0.25) is 4.79 Å². The first-order valence-electron chi connectivity index (χ1n) is 7.65. The fourth-order valence-electron chi connectivity index (χ4n) is 2.04. The SMILES string of the molecule is CCCCCC(C)(C)CNc1ccc(C(=O)N(C)C)nn1. The largest absolute Gasteiger partial charge is 0.368 e. The zero-order valence-electron chi connectivity index (χ0n) is 13.9. The molecule has 1 rings (SSSR count). The number of carbonyl (C=O) groups is 1. The molecule has 1 heterocycles. The van der Waals surface area contributed by atoms with E-state index in [2.05, 4.69) is 36.3 Å². The highest BCUT2D eigenvalue weighted by Gasteiger charge is 2.17. The molecule has 1 N–H and O–H groups in total. The normalized spacial score (nSPS) is 11.3. The Kier molecular flexibility index (Phi) is 6.59. The molecule has 1 amide bonds. The third kappa shape index (κ3) is 6.10. The Balaban J connectivity index is 2.50. The molecule has 5 nitrogen and oxygen atoms in total. The van der Waals surface area contributed by atoms with Gasteiger partial charge in [-0.1, -0.05) is 40.0 Å². The van der Waals surface area contributed by atoms with Gasteiger partial charge in [-0.2, -0.15) is 0 Å². The van der Waals surface area contributed by atoms with E-state index in [1.807, 2.05) is 6.07 Å². The van der Waals surface area contributed by atoms with E-state index in [0.29, 0.717) is 11.5 Å². The zero-order valence-corrected chi connectivity index (χ0v) is 13.9. The molecule has 0 saturated heterocycles. The van der Waals surface area contributed by atoms with Crippen LogP contribution in [-0.2, 0) is 0 Å². The summed E-state index contributed by atoms with van der Waals surface area (Å²) in [5.74, 6) is 0.586. The van der Waals surface area contributed by atoms with Crippen molar-refractivity contribution in [1.29, 1.82) is 0 Å². The third-order valence-corrected chi connectivity index (χ3v) is 3.50. The Labute approximate surface area is 128 Å². The van der Waals surface area contributed by atoms with Gasteiger partial charge in [-0.05, 0) is 24.0 Å². The number of amides is 1. The second kappa shape index (κ2) is 7.96. The van der Waals surface area contributed by atoms with Crippen LogP contribution in [0.25, 0.3) is 0 Å². The van der Waals surface area contributed by atoms with Crippen LogP contribution in [-0.4, -0.2) is 41.6 Å². The maximum Gasteiger partial charge on any atom is 0.273 e. The van der Waals surface area contributed by atoms with Crippen LogP contribution in [0, 0.1) is 5.41 Å². The Hall–Kier alpha value is -1.65. The lowest BCUT2D eigenvalue weighted by Crippen LogP contribution is -2.25. The van der Waals surface area contributed by atoms with Gasteiger partial charge >= 0.3 is 0 Å². The average Bonchev–Trinajstić information content (AvgIpc) is 2.45. The Morgan fingerprint density at radius 3 is 2.48 bits per heavy atom. The Morgan fingerprint density at radius 1 is 1.24 bits per heavy atom. The number of rotatable bonds is 8. The number of hydrogen-bond donors (Lipinski definition) is 1. The molecular weight excluding hydrogens is 264 g/mol. The number of anilines is 1. The monoisotopic (exact) mass is 292 g/mol. The lowest BCUT2D eigenvalue weighted by molar-refractivity contribution is 0.0821. The van der Waals surface area contributed by atoms with E-state index in [9.17, 15) is 4.79 Å². The number of unbranched alkanes of at least 4 members (excludes halogenated alkanes) is 2. The Morgan fingerprint density at radius 2 is 1.95 bits per heavy atom. The summed E-state index contributed by atoms with van der Waals surface area (Å²) < 4.78 is 0. The first-order valence-corrected chi connectivity index (χ1v) is 7.65. The van der Waals surface area contributed by atoms with Gasteiger partial charge in [0.25, 0.3) is 5.91 Å². The van der Waals surface area contributed by atoms with E-state index in [-0.39, 0.29) is 11.3 Å². The standard InChI is InChI=1S/C16H28N4O/c1-6-7-8-11-16(2,3)12-17-14-10-9-13(18-19-14)15(21)20(4)5/h9-10H,6-8,11-12H2,1-5H3,(H,17,19). The van der Waals surface area contributed by atoms with Gasteiger partial charge in [-0.15, -0.1) is 10.2 Å². The summed E-state index contributed by atoms with van der Waals surface area (Å²) in [5, 5.41) is 11.4. The molecule has 0 fully saturated rings. The van der Waals surface area contributed by atoms with E-state index in [1.165, 1.54) is 30.6 Å². The van der Waals surface area contributed by atoms with Crippen LogP contribution >= 0.6 is 0 Å². The molecule has 118 valence electrons. The van der Waals surface area contributed by atoms with E-state index in [0.717, 1.165) is 6.54 Å². The first kappa shape index (κ1) is 17.4. The molecule has 0 bridgehead atoms. The zero-order chi connectivity index (χ0) is 15.9. The van der Waals surface area contributed by atoms with Gasteiger partial charge in [0.2, 0.25) is 0 Å². The summed E-state index contributed by atoms with van der Waals surface area (Å²) in [6.07, 6.45) is 4.98. The number of nitrogens with zero attached hydrogens (tertiary/aromatic N) is 3. The minimum atomic E-state index is -0.131. The van der Waals surface area contributed by atoms with Crippen molar-refractivity contribution in [3.8, 4) is 0 Å². The highest BCUT2D eigenvalue weighted by molar-refractivity contribution is 5.91. The minimum Gasteiger partial charge on any atom is -0.368 e. The van der Waals surface area contributed by atoms with Crippen LogP contribution in [0.5, 0.6) is 0 Å². The molecule has 0 aliphatic carbocycles. The van der Waals surface area contributed by atoms with E-state index < -0.39 is 0 Å². The summed E-state index contributed by atoms with van der Waals surface area (Å²) in [5.41, 5.74) is 0.599. The Bertz CT molecular complexity index is 440. The second-order valence-corrected chi connectivity index (χ2v) is 6.48. The molecule has 1 aromatic heterocycles. The van der Waals surface area contributed by atoms with Crippen molar-refractivity contribution >= 4 is 11.7 Å². The van der Waals surface area contributed by atoms with E-state index >= 15 is 0 Å². The maximum atomic E-state index is 11.7. The predicted octanol–water partition coefficient (Wildman–Crippen LogP) is 3.20. The van der Waals surface area contributed by atoms with Crippen LogP contribution in [0.3, 0.4) is 0 Å². The van der Waals surface area contributed by atoms with E-state index in [1.54, 1.807) is 20.2 Å². The molecule has 5 heteroatoms. The van der Waals surface area contributed by atoms with Crippen molar-refractivity contribution < 1.29 is 4.79 Å². The highest BCUT2D eigenvalue weighted by Crippen LogP contribution is 2.24. The van der Waals surface area contributed by atoms with Gasteiger partial charge in [-0.25, -0.2) is 0 Å². The van der Waals surface area contributed by atoms with Gasteiger partial charge in [0.15, 0.2) is 5.69 Å². The van der Waals surface area contributed by atoms with Crippen molar-refractivity contribution in [2.24, 2.45) is 5.41 Å². The number of aromatic nitrogens is 2. The molecule has 21 heavy (non-hydrogen) atoms. The lowest BCUT2D eigenvalue weighted by atomic mass is 9.87. The summed E-state index contributed by atoms with van der Waals surface area (Å²) in [6, 6.07) is 3.52. The molecule has 0 aromatic carbocycles. The second-order valence-electron chi connectivity index (χ2n) is 6.48. The smallest absolute Gasteiger partial charge is 0.273 e. The molecule has 0 spiro atoms. The van der Waals surface area contributed by atoms with Crippen molar-refractivity contribution in [2.75, 3.05) is 26.0 Å². The van der Waals surface area contributed by atoms with Gasteiger partial charge in [0, 0.05) is 20.6 Å². The number of hydrogen-bond acceptors (Lipinski definition) is 4. The first-order chi connectivity index (χ1) is 9.85. The molecule has 1 aromatic rings. The topological polar surface area (TPSA) is 58.1 Å².